The van der Waals surface area contributed by atoms with Crippen molar-refractivity contribution in [3.05, 3.63) is 12.2 Å². The Morgan fingerprint density at radius 3 is 0.934 bits per heavy atom. The van der Waals surface area contributed by atoms with Gasteiger partial charge in [0.2, 0.25) is 5.91 Å². The van der Waals surface area contributed by atoms with Crippen molar-refractivity contribution in [2.75, 3.05) is 13.2 Å². The van der Waals surface area contributed by atoms with Crippen LogP contribution in [0.5, 0.6) is 0 Å². The minimum absolute atomic E-state index is 0.0129. The fourth-order valence-electron chi connectivity index (χ4n) is 11.2. The number of hydrogen-bond donors (Lipinski definition) is 3. The van der Waals surface area contributed by atoms with Gasteiger partial charge in [0.05, 0.1) is 25.4 Å². The molecule has 0 aliphatic rings. The first-order valence-corrected chi connectivity index (χ1v) is 34.9. The van der Waals surface area contributed by atoms with E-state index in [2.05, 4.69) is 31.3 Å². The standard InChI is InChI=1S/C70H137NO5/c1-3-5-7-9-11-13-15-17-38-42-46-50-54-58-62-68(73)67(66-72)71-69(74)63-59-55-51-47-43-39-36-34-32-30-28-26-24-22-20-19-21-23-25-27-29-31-33-35-37-41-45-49-53-57-61-65-76-70(75)64-60-56-52-48-44-40-18-16-14-12-10-8-6-4-2/h16,18,67-68,72-73H,3-15,17,19-66H2,1-2H3,(H,71,74)/b18-16-. The lowest BCUT2D eigenvalue weighted by molar-refractivity contribution is -0.143. The summed E-state index contributed by atoms with van der Waals surface area (Å²) < 4.78 is 5.49. The highest BCUT2D eigenvalue weighted by atomic mass is 16.5. The fraction of sp³-hybridized carbons (Fsp3) is 0.943. The summed E-state index contributed by atoms with van der Waals surface area (Å²) >= 11 is 0. The van der Waals surface area contributed by atoms with Gasteiger partial charge in [0.15, 0.2) is 0 Å². The van der Waals surface area contributed by atoms with Crippen LogP contribution < -0.4 is 5.32 Å². The molecule has 452 valence electrons. The molecule has 0 bridgehead atoms. The zero-order valence-electron chi connectivity index (χ0n) is 51.8. The topological polar surface area (TPSA) is 95.9 Å². The molecular formula is C70H137NO5. The zero-order chi connectivity index (χ0) is 55.0. The van der Waals surface area contributed by atoms with E-state index in [1.165, 1.54) is 321 Å². The van der Waals surface area contributed by atoms with Crippen LogP contribution in [0.15, 0.2) is 12.2 Å². The maximum Gasteiger partial charge on any atom is 0.305 e. The van der Waals surface area contributed by atoms with Crippen molar-refractivity contribution in [3.63, 3.8) is 0 Å². The lowest BCUT2D eigenvalue weighted by atomic mass is 10.0. The molecule has 0 aromatic rings. The zero-order valence-corrected chi connectivity index (χ0v) is 51.8. The fourth-order valence-corrected chi connectivity index (χ4v) is 11.2. The molecule has 0 saturated carbocycles. The third kappa shape index (κ3) is 61.8. The molecule has 0 spiro atoms. The molecule has 6 nitrogen and oxygen atoms in total. The van der Waals surface area contributed by atoms with Crippen molar-refractivity contribution in [1.29, 1.82) is 0 Å². The van der Waals surface area contributed by atoms with Gasteiger partial charge in [0.1, 0.15) is 0 Å². The van der Waals surface area contributed by atoms with Gasteiger partial charge >= 0.3 is 5.97 Å². The minimum Gasteiger partial charge on any atom is -0.466 e. The molecule has 0 saturated heterocycles. The molecule has 2 unspecified atom stereocenters. The number of esters is 1. The molecule has 0 aliphatic carbocycles. The van der Waals surface area contributed by atoms with Crippen molar-refractivity contribution < 1.29 is 24.5 Å². The number of amides is 1. The van der Waals surface area contributed by atoms with Crippen molar-refractivity contribution in [1.82, 2.24) is 5.32 Å². The second kappa shape index (κ2) is 66.1. The Hall–Kier alpha value is -1.40. The number of nitrogens with one attached hydrogen (secondary N) is 1. The Balaban J connectivity index is 3.31. The van der Waals surface area contributed by atoms with Gasteiger partial charge in [0.25, 0.3) is 0 Å². The van der Waals surface area contributed by atoms with Gasteiger partial charge in [-0.3, -0.25) is 9.59 Å². The Bertz CT molecular complexity index is 1140. The first-order chi connectivity index (χ1) is 37.5. The molecule has 0 aliphatic heterocycles. The number of aliphatic hydroxyl groups is 2. The molecular weight excluding hydrogens is 935 g/mol. The summed E-state index contributed by atoms with van der Waals surface area (Å²) in [6.07, 6.45) is 81.2. The van der Waals surface area contributed by atoms with Crippen molar-refractivity contribution >= 4 is 11.9 Å². The van der Waals surface area contributed by atoms with Crippen LogP contribution in [0.2, 0.25) is 0 Å². The highest BCUT2D eigenvalue weighted by molar-refractivity contribution is 5.76. The monoisotopic (exact) mass is 1070 g/mol. The lowest BCUT2D eigenvalue weighted by Crippen LogP contribution is -2.45. The van der Waals surface area contributed by atoms with Crippen LogP contribution in [0.4, 0.5) is 0 Å². The third-order valence-electron chi connectivity index (χ3n) is 16.6. The molecule has 0 radical (unpaired) electrons. The molecule has 0 fully saturated rings. The summed E-state index contributed by atoms with van der Waals surface area (Å²) in [5.74, 6) is -0.0150. The highest BCUT2D eigenvalue weighted by Gasteiger charge is 2.20. The third-order valence-corrected chi connectivity index (χ3v) is 16.6. The van der Waals surface area contributed by atoms with Crippen LogP contribution in [0.3, 0.4) is 0 Å². The normalized spacial score (nSPS) is 12.5. The van der Waals surface area contributed by atoms with Crippen molar-refractivity contribution in [2.45, 2.75) is 411 Å². The summed E-state index contributed by atoms with van der Waals surface area (Å²) in [5, 5.41) is 23.3. The number of carbonyl (C=O) groups is 2. The average molecular weight is 1070 g/mol. The van der Waals surface area contributed by atoms with E-state index in [1.807, 2.05) is 0 Å². The Morgan fingerprint density at radius 1 is 0.355 bits per heavy atom. The largest absolute Gasteiger partial charge is 0.466 e. The molecule has 0 heterocycles. The summed E-state index contributed by atoms with van der Waals surface area (Å²) in [6.45, 7) is 4.98. The number of aliphatic hydroxyl groups excluding tert-OH is 2. The van der Waals surface area contributed by atoms with E-state index in [-0.39, 0.29) is 18.5 Å². The molecule has 2 atom stereocenters. The van der Waals surface area contributed by atoms with Crippen LogP contribution in [-0.4, -0.2) is 47.4 Å². The van der Waals surface area contributed by atoms with E-state index >= 15 is 0 Å². The Labute approximate surface area is 476 Å². The minimum atomic E-state index is -0.660. The van der Waals surface area contributed by atoms with E-state index in [0.29, 0.717) is 25.9 Å². The number of hydrogen-bond acceptors (Lipinski definition) is 5. The van der Waals surface area contributed by atoms with Crippen LogP contribution in [0.1, 0.15) is 399 Å². The van der Waals surface area contributed by atoms with Crippen LogP contribution >= 0.6 is 0 Å². The second-order valence-electron chi connectivity index (χ2n) is 24.2. The molecule has 0 aromatic heterocycles. The van der Waals surface area contributed by atoms with E-state index < -0.39 is 12.1 Å². The van der Waals surface area contributed by atoms with Crippen molar-refractivity contribution in [2.24, 2.45) is 0 Å². The van der Waals surface area contributed by atoms with Gasteiger partial charge in [-0.1, -0.05) is 347 Å². The number of unbranched alkanes of at least 4 members (excludes halogenated alkanes) is 53. The predicted molar refractivity (Wildman–Crippen MR) is 333 cm³/mol. The number of rotatable bonds is 66. The maximum atomic E-state index is 12.5. The average Bonchev–Trinajstić information content (AvgIpc) is 3.42. The van der Waals surface area contributed by atoms with E-state index in [1.54, 1.807) is 0 Å². The smallest absolute Gasteiger partial charge is 0.305 e. The van der Waals surface area contributed by atoms with Gasteiger partial charge in [-0.05, 0) is 51.4 Å². The van der Waals surface area contributed by atoms with Gasteiger partial charge in [-0.2, -0.15) is 0 Å². The molecule has 76 heavy (non-hydrogen) atoms. The number of ether oxygens (including phenoxy) is 1. The number of carbonyl (C=O) groups excluding carboxylic acids is 2. The van der Waals surface area contributed by atoms with Gasteiger partial charge in [-0.15, -0.1) is 0 Å². The van der Waals surface area contributed by atoms with Crippen LogP contribution in [0.25, 0.3) is 0 Å². The van der Waals surface area contributed by atoms with Gasteiger partial charge in [-0.25, -0.2) is 0 Å². The quantitative estimate of drug-likeness (QED) is 0.0320. The van der Waals surface area contributed by atoms with E-state index in [0.717, 1.165) is 44.9 Å². The Kier molecular flexibility index (Phi) is 64.9. The first-order valence-electron chi connectivity index (χ1n) is 34.9. The summed E-state index contributed by atoms with van der Waals surface area (Å²) in [6, 6.07) is -0.537. The highest BCUT2D eigenvalue weighted by Crippen LogP contribution is 2.19. The molecule has 6 heteroatoms. The molecule has 0 rings (SSSR count). The first kappa shape index (κ1) is 74.6. The number of allylic oxidation sites excluding steroid dienone is 2. The lowest BCUT2D eigenvalue weighted by Gasteiger charge is -2.22. The predicted octanol–water partition coefficient (Wildman–Crippen LogP) is 22.4. The van der Waals surface area contributed by atoms with Gasteiger partial charge < -0.3 is 20.3 Å². The maximum absolute atomic E-state index is 12.5. The van der Waals surface area contributed by atoms with Crippen LogP contribution in [0, 0.1) is 0 Å². The second-order valence-corrected chi connectivity index (χ2v) is 24.2. The van der Waals surface area contributed by atoms with Gasteiger partial charge in [0, 0.05) is 12.8 Å². The van der Waals surface area contributed by atoms with E-state index in [4.69, 9.17) is 4.74 Å². The van der Waals surface area contributed by atoms with E-state index in [9.17, 15) is 19.8 Å². The molecule has 1 amide bonds. The summed E-state index contributed by atoms with van der Waals surface area (Å²) in [7, 11) is 0. The summed E-state index contributed by atoms with van der Waals surface area (Å²) in [4.78, 5) is 24.6. The van der Waals surface area contributed by atoms with Crippen molar-refractivity contribution in [3.8, 4) is 0 Å². The molecule has 0 aromatic carbocycles. The summed E-state index contributed by atoms with van der Waals surface area (Å²) in [5.41, 5.74) is 0. The molecule has 3 N–H and O–H groups in total. The SMILES string of the molecule is CCCCCCC/C=C\CCCCCCCC(=O)OCCCCCCCCCCCCCCCCCCCCCCCCCCCCCCCCCC(=O)NC(CO)C(O)CCCCCCCCCCCCCCCC. The Morgan fingerprint density at radius 2 is 0.618 bits per heavy atom. The van der Waals surface area contributed by atoms with Crippen LogP contribution in [-0.2, 0) is 14.3 Å².